The van der Waals surface area contributed by atoms with E-state index >= 15 is 0 Å². The molecular formula is C16H17N3O4. The number of amides is 1. The van der Waals surface area contributed by atoms with Crippen molar-refractivity contribution in [2.75, 3.05) is 13.2 Å². The summed E-state index contributed by atoms with van der Waals surface area (Å²) in [6, 6.07) is 5.89. The van der Waals surface area contributed by atoms with Crippen LogP contribution in [0.5, 0.6) is 5.75 Å². The van der Waals surface area contributed by atoms with Gasteiger partial charge in [-0.3, -0.25) is 4.79 Å². The second kappa shape index (κ2) is 7.35. The van der Waals surface area contributed by atoms with Gasteiger partial charge in [0.2, 0.25) is 0 Å². The van der Waals surface area contributed by atoms with Gasteiger partial charge in [0.05, 0.1) is 18.9 Å². The Kier molecular flexibility index (Phi) is 5.24. The zero-order valence-electron chi connectivity index (χ0n) is 12.9. The fourth-order valence-corrected chi connectivity index (χ4v) is 2.00. The van der Waals surface area contributed by atoms with E-state index in [0.29, 0.717) is 13.2 Å². The minimum atomic E-state index is -1.19. The first-order valence-electron chi connectivity index (χ1n) is 7.00. The molecule has 0 spiro atoms. The maximum atomic E-state index is 11.8. The molecule has 1 amide bonds. The third-order valence-corrected chi connectivity index (χ3v) is 2.96. The van der Waals surface area contributed by atoms with Crippen molar-refractivity contribution in [1.29, 1.82) is 0 Å². The van der Waals surface area contributed by atoms with E-state index in [1.165, 1.54) is 0 Å². The summed E-state index contributed by atoms with van der Waals surface area (Å²) in [5.74, 6) is -0.868. The average Bonchev–Trinajstić information content (AvgIpc) is 2.50. The van der Waals surface area contributed by atoms with Crippen molar-refractivity contribution in [3.8, 4) is 5.75 Å². The van der Waals surface area contributed by atoms with E-state index in [9.17, 15) is 9.59 Å². The molecule has 2 aromatic rings. The number of aromatic nitrogens is 2. The van der Waals surface area contributed by atoms with Crippen LogP contribution in [0.25, 0.3) is 0 Å². The molecule has 0 bridgehead atoms. The van der Waals surface area contributed by atoms with E-state index in [2.05, 4.69) is 15.3 Å². The number of carbonyl (C=O) groups excluding carboxylic acids is 1. The minimum Gasteiger partial charge on any atom is -0.492 e. The molecule has 2 rings (SSSR count). The lowest BCUT2D eigenvalue weighted by atomic mass is 10.1. The molecule has 0 radical (unpaired) electrons. The number of carboxylic acid groups (broad SMARTS) is 1. The fourth-order valence-electron chi connectivity index (χ4n) is 2.00. The Hall–Kier alpha value is -2.96. The van der Waals surface area contributed by atoms with Gasteiger partial charge in [0.25, 0.3) is 5.91 Å². The lowest BCUT2D eigenvalue weighted by Gasteiger charge is -2.09. The molecule has 1 heterocycles. The van der Waals surface area contributed by atoms with Gasteiger partial charge in [0, 0.05) is 0 Å². The molecule has 120 valence electrons. The van der Waals surface area contributed by atoms with Crippen molar-refractivity contribution in [3.05, 3.63) is 53.1 Å². The molecule has 1 aromatic carbocycles. The molecule has 0 aliphatic heterocycles. The van der Waals surface area contributed by atoms with Crippen molar-refractivity contribution in [1.82, 2.24) is 15.3 Å². The Morgan fingerprint density at radius 1 is 1.09 bits per heavy atom. The third-order valence-electron chi connectivity index (χ3n) is 2.96. The minimum absolute atomic E-state index is 0.0569. The molecule has 23 heavy (non-hydrogen) atoms. The second-order valence-corrected chi connectivity index (χ2v) is 5.02. The lowest BCUT2D eigenvalue weighted by Crippen LogP contribution is -2.29. The highest BCUT2D eigenvalue weighted by molar-refractivity contribution is 5.92. The van der Waals surface area contributed by atoms with Crippen molar-refractivity contribution in [2.24, 2.45) is 0 Å². The van der Waals surface area contributed by atoms with Gasteiger partial charge in [0.15, 0.2) is 5.69 Å². The number of hydrogen-bond acceptors (Lipinski definition) is 5. The normalized spacial score (nSPS) is 10.2. The van der Waals surface area contributed by atoms with E-state index in [4.69, 9.17) is 9.84 Å². The number of nitrogens with zero attached hydrogens (tertiary/aromatic N) is 2. The summed E-state index contributed by atoms with van der Waals surface area (Å²) < 4.78 is 5.58. The summed E-state index contributed by atoms with van der Waals surface area (Å²) in [5, 5.41) is 11.3. The molecule has 7 nitrogen and oxygen atoms in total. The molecule has 7 heteroatoms. The van der Waals surface area contributed by atoms with Crippen molar-refractivity contribution < 1.29 is 19.4 Å². The molecule has 0 aliphatic rings. The predicted octanol–water partition coefficient (Wildman–Crippen LogP) is 1.60. The van der Waals surface area contributed by atoms with Gasteiger partial charge in [-0.05, 0) is 37.1 Å². The van der Waals surface area contributed by atoms with Gasteiger partial charge >= 0.3 is 5.97 Å². The summed E-state index contributed by atoms with van der Waals surface area (Å²) in [6.45, 7) is 4.59. The molecule has 0 unspecified atom stereocenters. The monoisotopic (exact) mass is 315 g/mol. The van der Waals surface area contributed by atoms with Crippen molar-refractivity contribution >= 4 is 11.9 Å². The van der Waals surface area contributed by atoms with Crippen LogP contribution >= 0.6 is 0 Å². The maximum absolute atomic E-state index is 11.8. The Morgan fingerprint density at radius 2 is 1.70 bits per heavy atom. The number of rotatable bonds is 6. The fraction of sp³-hybridized carbons (Fsp3) is 0.250. The van der Waals surface area contributed by atoms with E-state index in [0.717, 1.165) is 29.3 Å². The lowest BCUT2D eigenvalue weighted by molar-refractivity contribution is 0.0689. The Morgan fingerprint density at radius 3 is 2.26 bits per heavy atom. The largest absolute Gasteiger partial charge is 0.492 e. The summed E-state index contributed by atoms with van der Waals surface area (Å²) in [6.07, 6.45) is 2.17. The number of aryl methyl sites for hydroxylation is 2. The van der Waals surface area contributed by atoms with Gasteiger partial charge in [-0.15, -0.1) is 0 Å². The quantitative estimate of drug-likeness (QED) is 0.785. The number of carbonyl (C=O) groups is 2. The van der Waals surface area contributed by atoms with Crippen LogP contribution in [0.1, 0.15) is 32.1 Å². The zero-order chi connectivity index (χ0) is 16.8. The molecule has 1 aromatic heterocycles. The molecular weight excluding hydrogens is 298 g/mol. The van der Waals surface area contributed by atoms with Crippen LogP contribution in [-0.2, 0) is 0 Å². The van der Waals surface area contributed by atoms with Crippen LogP contribution in [0.4, 0.5) is 0 Å². The van der Waals surface area contributed by atoms with Crippen molar-refractivity contribution in [3.63, 3.8) is 0 Å². The summed E-state index contributed by atoms with van der Waals surface area (Å²) in [5.41, 5.74) is 2.07. The van der Waals surface area contributed by atoms with Crippen LogP contribution in [0.3, 0.4) is 0 Å². The van der Waals surface area contributed by atoms with Crippen LogP contribution in [-0.4, -0.2) is 40.1 Å². The first-order valence-corrected chi connectivity index (χ1v) is 7.00. The number of benzene rings is 1. The number of nitrogens with one attached hydrogen (secondary N) is 1. The average molecular weight is 315 g/mol. The standard InChI is InChI=1S/C16H17N3O4/c1-10-5-11(2)7-12(6-10)23-4-3-17-15(20)13-8-19-14(9-18-13)16(21)22/h5-9H,3-4H2,1-2H3,(H,17,20)(H,21,22). The van der Waals surface area contributed by atoms with E-state index in [-0.39, 0.29) is 11.4 Å². The molecule has 0 aliphatic carbocycles. The van der Waals surface area contributed by atoms with Gasteiger partial charge in [0.1, 0.15) is 18.1 Å². The summed E-state index contributed by atoms with van der Waals surface area (Å²) in [4.78, 5) is 29.9. The highest BCUT2D eigenvalue weighted by Crippen LogP contribution is 2.15. The molecule has 0 saturated heterocycles. The number of hydrogen-bond donors (Lipinski definition) is 2. The van der Waals surface area contributed by atoms with Gasteiger partial charge < -0.3 is 15.2 Å². The Balaban J connectivity index is 1.81. The smallest absolute Gasteiger partial charge is 0.356 e. The third kappa shape index (κ3) is 4.77. The topological polar surface area (TPSA) is 101 Å². The van der Waals surface area contributed by atoms with Crippen LogP contribution < -0.4 is 10.1 Å². The number of aromatic carboxylic acids is 1. The molecule has 0 atom stereocenters. The molecule has 0 fully saturated rings. The van der Waals surface area contributed by atoms with Crippen LogP contribution in [0, 0.1) is 13.8 Å². The SMILES string of the molecule is Cc1cc(C)cc(OCCNC(=O)c2cnc(C(=O)O)cn2)c1. The van der Waals surface area contributed by atoms with Gasteiger partial charge in [-0.1, -0.05) is 6.07 Å². The second-order valence-electron chi connectivity index (χ2n) is 5.02. The Labute approximate surface area is 133 Å². The van der Waals surface area contributed by atoms with Gasteiger partial charge in [-0.2, -0.15) is 0 Å². The zero-order valence-corrected chi connectivity index (χ0v) is 12.9. The first kappa shape index (κ1) is 16.4. The van der Waals surface area contributed by atoms with Crippen molar-refractivity contribution in [2.45, 2.75) is 13.8 Å². The maximum Gasteiger partial charge on any atom is 0.356 e. The van der Waals surface area contributed by atoms with Crippen LogP contribution in [0.15, 0.2) is 30.6 Å². The first-order chi connectivity index (χ1) is 11.0. The summed E-state index contributed by atoms with van der Waals surface area (Å²) >= 11 is 0. The van der Waals surface area contributed by atoms with Crippen LogP contribution in [0.2, 0.25) is 0 Å². The molecule has 2 N–H and O–H groups in total. The van der Waals surface area contributed by atoms with E-state index < -0.39 is 11.9 Å². The van der Waals surface area contributed by atoms with E-state index in [1.807, 2.05) is 32.0 Å². The highest BCUT2D eigenvalue weighted by atomic mass is 16.5. The molecule has 0 saturated carbocycles. The highest BCUT2D eigenvalue weighted by Gasteiger charge is 2.10. The Bertz CT molecular complexity index is 694. The number of ether oxygens (including phenoxy) is 1. The van der Waals surface area contributed by atoms with Gasteiger partial charge in [-0.25, -0.2) is 14.8 Å². The predicted molar refractivity (Wildman–Crippen MR) is 82.7 cm³/mol. The number of carboxylic acids is 1. The van der Waals surface area contributed by atoms with E-state index in [1.54, 1.807) is 0 Å². The summed E-state index contributed by atoms with van der Waals surface area (Å²) in [7, 11) is 0.